The minimum atomic E-state index is 1.03. The van der Waals surface area contributed by atoms with Crippen molar-refractivity contribution in [2.24, 2.45) is 5.73 Å². The first kappa shape index (κ1) is 19.8. The number of aromatic nitrogens is 2. The van der Waals surface area contributed by atoms with E-state index < -0.39 is 0 Å². The number of rotatable bonds is 5. The molecule has 122 valence electrons. The van der Waals surface area contributed by atoms with E-state index in [1.54, 1.807) is 6.20 Å². The Morgan fingerprint density at radius 3 is 2.32 bits per heavy atom. The number of benzene rings is 1. The van der Waals surface area contributed by atoms with Crippen LogP contribution in [0.25, 0.3) is 0 Å². The second-order valence-electron chi connectivity index (χ2n) is 4.57. The van der Waals surface area contributed by atoms with Gasteiger partial charge in [-0.05, 0) is 43.7 Å². The van der Waals surface area contributed by atoms with Crippen molar-refractivity contribution in [2.45, 2.75) is 47.0 Å². The van der Waals surface area contributed by atoms with Crippen LogP contribution < -0.4 is 11.1 Å². The van der Waals surface area contributed by atoms with Gasteiger partial charge in [0.1, 0.15) is 0 Å². The van der Waals surface area contributed by atoms with E-state index in [1.165, 1.54) is 31.0 Å². The SMILES string of the molecule is C=CN.CC.CCCCc1ccc(Nc2cn[nH]c2C)cc1. The van der Waals surface area contributed by atoms with Gasteiger partial charge in [0.15, 0.2) is 0 Å². The summed E-state index contributed by atoms with van der Waals surface area (Å²) in [5.74, 6) is 0. The van der Waals surface area contributed by atoms with Crippen molar-refractivity contribution in [3.63, 3.8) is 0 Å². The van der Waals surface area contributed by atoms with E-state index in [0.717, 1.165) is 17.1 Å². The molecule has 0 amide bonds. The third-order valence-corrected chi connectivity index (χ3v) is 2.88. The first-order valence-electron chi connectivity index (χ1n) is 7.89. The molecule has 0 atom stereocenters. The lowest BCUT2D eigenvalue weighted by atomic mass is 10.1. The average molecular weight is 302 g/mol. The Morgan fingerprint density at radius 1 is 1.27 bits per heavy atom. The summed E-state index contributed by atoms with van der Waals surface area (Å²) in [6.07, 6.45) is 6.73. The molecule has 0 aliphatic heterocycles. The fraction of sp³-hybridized carbons (Fsp3) is 0.389. The average Bonchev–Trinajstić information content (AvgIpc) is 2.94. The fourth-order valence-corrected chi connectivity index (χ4v) is 1.77. The van der Waals surface area contributed by atoms with Crippen LogP contribution in [0.4, 0.5) is 11.4 Å². The Hall–Kier alpha value is -2.23. The molecular weight excluding hydrogens is 272 g/mol. The van der Waals surface area contributed by atoms with E-state index in [2.05, 4.69) is 59.0 Å². The topological polar surface area (TPSA) is 66.7 Å². The van der Waals surface area contributed by atoms with Crippen LogP contribution in [0, 0.1) is 6.92 Å². The van der Waals surface area contributed by atoms with Crippen LogP contribution in [0.3, 0.4) is 0 Å². The van der Waals surface area contributed by atoms with Gasteiger partial charge in [-0.2, -0.15) is 5.10 Å². The summed E-state index contributed by atoms with van der Waals surface area (Å²) in [6, 6.07) is 8.62. The molecular formula is C18H30N4. The van der Waals surface area contributed by atoms with Crippen LogP contribution in [0.1, 0.15) is 44.9 Å². The molecule has 0 fully saturated rings. The zero-order valence-corrected chi connectivity index (χ0v) is 14.3. The molecule has 1 heterocycles. The molecule has 22 heavy (non-hydrogen) atoms. The Morgan fingerprint density at radius 2 is 1.86 bits per heavy atom. The van der Waals surface area contributed by atoms with Crippen molar-refractivity contribution in [1.29, 1.82) is 0 Å². The Bertz CT molecular complexity index is 500. The number of hydrogen-bond acceptors (Lipinski definition) is 3. The highest BCUT2D eigenvalue weighted by molar-refractivity contribution is 5.60. The van der Waals surface area contributed by atoms with Crippen molar-refractivity contribution in [3.8, 4) is 0 Å². The molecule has 0 spiro atoms. The molecule has 1 aromatic carbocycles. The van der Waals surface area contributed by atoms with Gasteiger partial charge in [-0.3, -0.25) is 5.10 Å². The smallest absolute Gasteiger partial charge is 0.0797 e. The second kappa shape index (κ2) is 12.5. The molecule has 0 aliphatic carbocycles. The summed E-state index contributed by atoms with van der Waals surface area (Å²) in [7, 11) is 0. The molecule has 0 aliphatic rings. The molecule has 4 heteroatoms. The molecule has 0 bridgehead atoms. The van der Waals surface area contributed by atoms with Gasteiger partial charge in [0, 0.05) is 5.69 Å². The number of nitrogens with zero attached hydrogens (tertiary/aromatic N) is 1. The van der Waals surface area contributed by atoms with Gasteiger partial charge >= 0.3 is 0 Å². The van der Waals surface area contributed by atoms with Crippen molar-refractivity contribution < 1.29 is 0 Å². The van der Waals surface area contributed by atoms with E-state index in [1.807, 2.05) is 20.8 Å². The lowest BCUT2D eigenvalue weighted by molar-refractivity contribution is 0.795. The van der Waals surface area contributed by atoms with Gasteiger partial charge in [-0.15, -0.1) is 0 Å². The van der Waals surface area contributed by atoms with Gasteiger partial charge in [0.05, 0.1) is 17.6 Å². The molecule has 0 saturated carbocycles. The number of aryl methyl sites for hydroxylation is 2. The predicted octanol–water partition coefficient (Wildman–Crippen LogP) is 4.92. The standard InChI is InChI=1S/C14H19N3.C2H5N.C2H6/c1-3-4-5-12-6-8-13(9-7-12)16-14-10-15-17-11(14)2;1-2-3;1-2/h6-10,16H,3-5H2,1-2H3,(H,15,17);2H,1,3H2;1-2H3. The first-order chi connectivity index (χ1) is 10.7. The maximum atomic E-state index is 4.61. The molecule has 0 unspecified atom stereocenters. The van der Waals surface area contributed by atoms with Crippen LogP contribution in [0.2, 0.25) is 0 Å². The number of unbranched alkanes of at least 4 members (excludes halogenated alkanes) is 1. The van der Waals surface area contributed by atoms with Crippen LogP contribution >= 0.6 is 0 Å². The molecule has 2 aromatic rings. The molecule has 0 saturated heterocycles. The van der Waals surface area contributed by atoms with Gasteiger partial charge in [-0.1, -0.05) is 45.9 Å². The van der Waals surface area contributed by atoms with Crippen molar-refractivity contribution in [1.82, 2.24) is 10.2 Å². The fourth-order valence-electron chi connectivity index (χ4n) is 1.77. The van der Waals surface area contributed by atoms with Gasteiger partial charge < -0.3 is 11.1 Å². The molecule has 4 N–H and O–H groups in total. The highest BCUT2D eigenvalue weighted by atomic mass is 15.1. The minimum Gasteiger partial charge on any atom is -0.405 e. The zero-order chi connectivity index (χ0) is 16.8. The van der Waals surface area contributed by atoms with Crippen molar-refractivity contribution in [2.75, 3.05) is 5.32 Å². The third kappa shape index (κ3) is 7.53. The molecule has 4 nitrogen and oxygen atoms in total. The quantitative estimate of drug-likeness (QED) is 0.734. The lowest BCUT2D eigenvalue weighted by Gasteiger charge is -2.06. The highest BCUT2D eigenvalue weighted by Crippen LogP contribution is 2.19. The number of nitrogens with one attached hydrogen (secondary N) is 2. The predicted molar refractivity (Wildman–Crippen MR) is 97.4 cm³/mol. The van der Waals surface area contributed by atoms with E-state index in [9.17, 15) is 0 Å². The monoisotopic (exact) mass is 302 g/mol. The van der Waals surface area contributed by atoms with E-state index >= 15 is 0 Å². The number of hydrogen-bond donors (Lipinski definition) is 3. The van der Waals surface area contributed by atoms with Crippen LogP contribution in [-0.4, -0.2) is 10.2 Å². The third-order valence-electron chi connectivity index (χ3n) is 2.88. The number of anilines is 2. The summed E-state index contributed by atoms with van der Waals surface area (Å²) >= 11 is 0. The van der Waals surface area contributed by atoms with Gasteiger partial charge in [0.2, 0.25) is 0 Å². The maximum Gasteiger partial charge on any atom is 0.0797 e. The van der Waals surface area contributed by atoms with Crippen molar-refractivity contribution in [3.05, 3.63) is 54.5 Å². The van der Waals surface area contributed by atoms with Gasteiger partial charge in [-0.25, -0.2) is 0 Å². The summed E-state index contributed by atoms with van der Waals surface area (Å²) < 4.78 is 0. The second-order valence-corrected chi connectivity index (χ2v) is 4.57. The summed E-state index contributed by atoms with van der Waals surface area (Å²) in [4.78, 5) is 0. The lowest BCUT2D eigenvalue weighted by Crippen LogP contribution is -1.91. The number of nitrogens with two attached hydrogens (primary N) is 1. The zero-order valence-electron chi connectivity index (χ0n) is 14.3. The summed E-state index contributed by atoms with van der Waals surface area (Å²) in [5.41, 5.74) is 9.21. The summed E-state index contributed by atoms with van der Waals surface area (Å²) in [5, 5.41) is 10.2. The van der Waals surface area contributed by atoms with Crippen LogP contribution in [-0.2, 0) is 6.42 Å². The Balaban J connectivity index is 0.000000789. The molecule has 0 radical (unpaired) electrons. The van der Waals surface area contributed by atoms with Gasteiger partial charge in [0.25, 0.3) is 0 Å². The minimum absolute atomic E-state index is 1.03. The number of aromatic amines is 1. The first-order valence-corrected chi connectivity index (χ1v) is 7.89. The Kier molecular flexibility index (Phi) is 11.2. The molecule has 2 rings (SSSR count). The van der Waals surface area contributed by atoms with E-state index in [0.29, 0.717) is 0 Å². The van der Waals surface area contributed by atoms with E-state index in [4.69, 9.17) is 0 Å². The number of H-pyrrole nitrogens is 1. The van der Waals surface area contributed by atoms with Crippen LogP contribution in [0.5, 0.6) is 0 Å². The highest BCUT2D eigenvalue weighted by Gasteiger charge is 2.00. The van der Waals surface area contributed by atoms with Crippen molar-refractivity contribution >= 4 is 11.4 Å². The summed E-state index contributed by atoms with van der Waals surface area (Å²) in [6.45, 7) is 11.4. The maximum absolute atomic E-state index is 4.61. The largest absolute Gasteiger partial charge is 0.405 e. The normalized spacial score (nSPS) is 8.91. The van der Waals surface area contributed by atoms with E-state index in [-0.39, 0.29) is 0 Å². The molecule has 1 aromatic heterocycles. The van der Waals surface area contributed by atoms with Crippen LogP contribution in [0.15, 0.2) is 43.2 Å². The Labute approximate surface area is 134 Å².